The van der Waals surface area contributed by atoms with Gasteiger partial charge in [-0.05, 0) is 36.6 Å². The first-order valence-electron chi connectivity index (χ1n) is 9.37. The van der Waals surface area contributed by atoms with Crippen molar-refractivity contribution in [3.8, 4) is 0 Å². The molecule has 1 aliphatic carbocycles. The Balaban J connectivity index is 1.33. The number of nitrogens with one attached hydrogen (secondary N) is 2. The maximum atomic E-state index is 13.1. The fraction of sp³-hybridized carbons (Fsp3) is 0.286. The SMILES string of the molecule is O=C(NCCC(=O)N(Cc1ccc(F)cc1)C1CC1)c1n[nH]c2ccccc12. The van der Waals surface area contributed by atoms with Crippen LogP contribution in [0.1, 0.15) is 35.3 Å². The topological polar surface area (TPSA) is 78.1 Å². The highest BCUT2D eigenvalue weighted by molar-refractivity contribution is 6.04. The first-order chi connectivity index (χ1) is 13.6. The molecule has 1 heterocycles. The Bertz CT molecular complexity index is 995. The van der Waals surface area contributed by atoms with E-state index in [0.29, 0.717) is 12.2 Å². The van der Waals surface area contributed by atoms with E-state index in [1.54, 1.807) is 12.1 Å². The molecule has 1 aliphatic rings. The predicted molar refractivity (Wildman–Crippen MR) is 103 cm³/mol. The van der Waals surface area contributed by atoms with Crippen molar-refractivity contribution in [2.24, 2.45) is 0 Å². The van der Waals surface area contributed by atoms with Crippen molar-refractivity contribution in [2.45, 2.75) is 31.8 Å². The lowest BCUT2D eigenvalue weighted by atomic mass is 10.2. The third-order valence-electron chi connectivity index (χ3n) is 4.88. The van der Waals surface area contributed by atoms with Gasteiger partial charge in [0.25, 0.3) is 5.91 Å². The Morgan fingerprint density at radius 1 is 1.14 bits per heavy atom. The van der Waals surface area contributed by atoms with Crippen LogP contribution < -0.4 is 5.32 Å². The summed E-state index contributed by atoms with van der Waals surface area (Å²) in [7, 11) is 0. The first kappa shape index (κ1) is 18.2. The van der Waals surface area contributed by atoms with Crippen LogP contribution >= 0.6 is 0 Å². The highest BCUT2D eigenvalue weighted by atomic mass is 19.1. The lowest BCUT2D eigenvalue weighted by molar-refractivity contribution is -0.132. The van der Waals surface area contributed by atoms with Crippen LogP contribution in [-0.4, -0.2) is 39.5 Å². The van der Waals surface area contributed by atoms with Crippen molar-refractivity contribution in [3.63, 3.8) is 0 Å². The van der Waals surface area contributed by atoms with E-state index < -0.39 is 0 Å². The molecule has 0 unspecified atom stereocenters. The number of para-hydroxylation sites is 1. The molecular formula is C21H21FN4O2. The molecule has 28 heavy (non-hydrogen) atoms. The Labute approximate surface area is 161 Å². The molecule has 0 aliphatic heterocycles. The second kappa shape index (κ2) is 7.80. The number of hydrogen-bond acceptors (Lipinski definition) is 3. The number of carbonyl (C=O) groups is 2. The molecule has 3 aromatic rings. The monoisotopic (exact) mass is 380 g/mol. The number of carbonyl (C=O) groups excluding carboxylic acids is 2. The number of fused-ring (bicyclic) bond motifs is 1. The minimum absolute atomic E-state index is 0.0148. The molecule has 1 fully saturated rings. The summed E-state index contributed by atoms with van der Waals surface area (Å²) in [6.07, 6.45) is 2.18. The largest absolute Gasteiger partial charge is 0.350 e. The minimum atomic E-state index is -0.304. The van der Waals surface area contributed by atoms with E-state index in [1.807, 2.05) is 29.2 Å². The van der Waals surface area contributed by atoms with Gasteiger partial charge in [0, 0.05) is 30.9 Å². The molecule has 1 saturated carbocycles. The van der Waals surface area contributed by atoms with Crippen LogP contribution in [0.25, 0.3) is 10.9 Å². The number of aromatic amines is 1. The Kier molecular flexibility index (Phi) is 5.06. The molecule has 4 rings (SSSR count). The van der Waals surface area contributed by atoms with Crippen LogP contribution in [0.3, 0.4) is 0 Å². The predicted octanol–water partition coefficient (Wildman–Crippen LogP) is 3.01. The number of halogens is 1. The summed E-state index contributed by atoms with van der Waals surface area (Å²) in [5, 5.41) is 10.4. The van der Waals surface area contributed by atoms with Gasteiger partial charge in [-0.1, -0.05) is 30.3 Å². The lowest BCUT2D eigenvalue weighted by Crippen LogP contribution is -2.35. The third kappa shape index (κ3) is 4.03. The Hall–Kier alpha value is -3.22. The van der Waals surface area contributed by atoms with E-state index in [0.717, 1.165) is 29.3 Å². The fourth-order valence-electron chi connectivity index (χ4n) is 3.24. The smallest absolute Gasteiger partial charge is 0.272 e. The van der Waals surface area contributed by atoms with Crippen molar-refractivity contribution >= 4 is 22.7 Å². The Morgan fingerprint density at radius 3 is 2.64 bits per heavy atom. The van der Waals surface area contributed by atoms with Crippen LogP contribution in [0.4, 0.5) is 4.39 Å². The summed E-state index contributed by atoms with van der Waals surface area (Å²) in [5.41, 5.74) is 2.02. The zero-order valence-electron chi connectivity index (χ0n) is 15.3. The van der Waals surface area contributed by atoms with Gasteiger partial charge >= 0.3 is 0 Å². The molecule has 144 valence electrons. The van der Waals surface area contributed by atoms with E-state index in [2.05, 4.69) is 15.5 Å². The second-order valence-electron chi connectivity index (χ2n) is 7.00. The molecule has 0 bridgehead atoms. The zero-order chi connectivity index (χ0) is 19.5. The molecular weight excluding hydrogens is 359 g/mol. The number of aromatic nitrogens is 2. The quantitative estimate of drug-likeness (QED) is 0.661. The number of H-pyrrole nitrogens is 1. The average molecular weight is 380 g/mol. The van der Waals surface area contributed by atoms with E-state index in [4.69, 9.17) is 0 Å². The summed E-state index contributed by atoms with van der Waals surface area (Å²) >= 11 is 0. The molecule has 2 amide bonds. The molecule has 2 N–H and O–H groups in total. The van der Waals surface area contributed by atoms with Gasteiger partial charge in [0.05, 0.1) is 5.52 Å². The van der Waals surface area contributed by atoms with Gasteiger partial charge < -0.3 is 10.2 Å². The fourth-order valence-corrected chi connectivity index (χ4v) is 3.24. The highest BCUT2D eigenvalue weighted by Gasteiger charge is 2.32. The third-order valence-corrected chi connectivity index (χ3v) is 4.88. The van der Waals surface area contributed by atoms with E-state index in [1.165, 1.54) is 12.1 Å². The zero-order valence-corrected chi connectivity index (χ0v) is 15.3. The van der Waals surface area contributed by atoms with Gasteiger partial charge in [-0.3, -0.25) is 14.7 Å². The van der Waals surface area contributed by atoms with Crippen LogP contribution in [0.5, 0.6) is 0 Å². The summed E-state index contributed by atoms with van der Waals surface area (Å²) in [5.74, 6) is -0.609. The van der Waals surface area contributed by atoms with Crippen molar-refractivity contribution < 1.29 is 14.0 Å². The standard InChI is InChI=1S/C21H21FN4O2/c22-15-7-5-14(6-8-15)13-26(16-9-10-16)19(27)11-12-23-21(28)20-17-3-1-2-4-18(17)24-25-20/h1-8,16H,9-13H2,(H,23,28)(H,24,25). The van der Waals surface area contributed by atoms with Crippen molar-refractivity contribution in [2.75, 3.05) is 6.54 Å². The molecule has 0 atom stereocenters. The average Bonchev–Trinajstić information content (AvgIpc) is 3.45. The molecule has 0 radical (unpaired) electrons. The number of hydrogen-bond donors (Lipinski definition) is 2. The van der Waals surface area contributed by atoms with Gasteiger partial charge in [0.2, 0.25) is 5.91 Å². The van der Waals surface area contributed by atoms with Gasteiger partial charge in [-0.2, -0.15) is 5.10 Å². The second-order valence-corrected chi connectivity index (χ2v) is 7.00. The van der Waals surface area contributed by atoms with E-state index >= 15 is 0 Å². The maximum absolute atomic E-state index is 13.1. The van der Waals surface area contributed by atoms with Crippen LogP contribution in [0.15, 0.2) is 48.5 Å². The van der Waals surface area contributed by atoms with Crippen molar-refractivity contribution in [1.29, 1.82) is 0 Å². The molecule has 0 spiro atoms. The maximum Gasteiger partial charge on any atom is 0.272 e. The van der Waals surface area contributed by atoms with Gasteiger partial charge in [-0.25, -0.2) is 4.39 Å². The van der Waals surface area contributed by atoms with Gasteiger partial charge in [-0.15, -0.1) is 0 Å². The Morgan fingerprint density at radius 2 is 1.89 bits per heavy atom. The van der Waals surface area contributed by atoms with E-state index in [9.17, 15) is 14.0 Å². The van der Waals surface area contributed by atoms with Crippen LogP contribution in [-0.2, 0) is 11.3 Å². The van der Waals surface area contributed by atoms with Gasteiger partial charge in [0.1, 0.15) is 5.82 Å². The van der Waals surface area contributed by atoms with Crippen LogP contribution in [0.2, 0.25) is 0 Å². The highest BCUT2D eigenvalue weighted by Crippen LogP contribution is 2.29. The summed E-state index contributed by atoms with van der Waals surface area (Å²) in [6.45, 7) is 0.702. The summed E-state index contributed by atoms with van der Waals surface area (Å²) < 4.78 is 13.1. The molecule has 7 heteroatoms. The number of amides is 2. The first-order valence-corrected chi connectivity index (χ1v) is 9.37. The van der Waals surface area contributed by atoms with E-state index in [-0.39, 0.29) is 36.6 Å². The minimum Gasteiger partial charge on any atom is -0.350 e. The van der Waals surface area contributed by atoms with Crippen molar-refractivity contribution in [3.05, 3.63) is 65.6 Å². The molecule has 1 aromatic heterocycles. The molecule has 2 aromatic carbocycles. The molecule has 6 nitrogen and oxygen atoms in total. The number of nitrogens with zero attached hydrogens (tertiary/aromatic N) is 2. The number of benzene rings is 2. The van der Waals surface area contributed by atoms with Crippen molar-refractivity contribution in [1.82, 2.24) is 20.4 Å². The normalized spacial score (nSPS) is 13.5. The number of rotatable bonds is 7. The summed E-state index contributed by atoms with van der Waals surface area (Å²) in [6, 6.07) is 13.8. The lowest BCUT2D eigenvalue weighted by Gasteiger charge is -2.22. The van der Waals surface area contributed by atoms with Gasteiger partial charge in [0.15, 0.2) is 5.69 Å². The molecule has 0 saturated heterocycles. The summed E-state index contributed by atoms with van der Waals surface area (Å²) in [4.78, 5) is 26.9. The van der Waals surface area contributed by atoms with Crippen LogP contribution in [0, 0.1) is 5.82 Å².